The minimum absolute atomic E-state index is 0.0470. The van der Waals surface area contributed by atoms with Gasteiger partial charge in [-0.2, -0.15) is 0 Å². The molecule has 2 nitrogen and oxygen atoms in total. The number of halogens is 2. The number of benzene rings is 2. The zero-order valence-corrected chi connectivity index (χ0v) is 12.1. The molecular weight excluding hydrogens is 303 g/mol. The Morgan fingerprint density at radius 1 is 0.947 bits per heavy atom. The maximum absolute atomic E-state index is 12.1. The molecule has 0 saturated heterocycles. The lowest BCUT2D eigenvalue weighted by molar-refractivity contribution is 0.605. The normalized spacial score (nSPS) is 11.9. The lowest BCUT2D eigenvalue weighted by Gasteiger charge is -2.02. The SMILES string of the molecule is O=S(=O)(/C=C\c1ccccc1)c1ccc(Cl)cc1Cl. The van der Waals surface area contributed by atoms with E-state index in [4.69, 9.17) is 23.2 Å². The summed E-state index contributed by atoms with van der Waals surface area (Å²) in [6.07, 6.45) is 1.53. The Morgan fingerprint density at radius 2 is 1.63 bits per heavy atom. The Balaban J connectivity index is 2.36. The zero-order valence-electron chi connectivity index (χ0n) is 9.75. The van der Waals surface area contributed by atoms with Crippen molar-refractivity contribution in [3.05, 3.63) is 69.5 Å². The Morgan fingerprint density at radius 3 is 2.26 bits per heavy atom. The highest BCUT2D eigenvalue weighted by Crippen LogP contribution is 2.26. The lowest BCUT2D eigenvalue weighted by atomic mass is 10.2. The topological polar surface area (TPSA) is 34.1 Å². The molecule has 19 heavy (non-hydrogen) atoms. The van der Waals surface area contributed by atoms with E-state index in [2.05, 4.69) is 0 Å². The quantitative estimate of drug-likeness (QED) is 0.839. The van der Waals surface area contributed by atoms with Crippen LogP contribution in [0, 0.1) is 0 Å². The summed E-state index contributed by atoms with van der Waals surface area (Å²) in [6.45, 7) is 0. The highest BCUT2D eigenvalue weighted by atomic mass is 35.5. The van der Waals surface area contributed by atoms with Crippen molar-refractivity contribution in [2.45, 2.75) is 4.90 Å². The number of sulfone groups is 1. The van der Waals surface area contributed by atoms with Crippen LogP contribution in [-0.4, -0.2) is 8.42 Å². The van der Waals surface area contributed by atoms with E-state index in [1.54, 1.807) is 0 Å². The van der Waals surface area contributed by atoms with Gasteiger partial charge in [-0.1, -0.05) is 53.5 Å². The second-order valence-electron chi connectivity index (χ2n) is 3.83. The van der Waals surface area contributed by atoms with Crippen molar-refractivity contribution in [1.82, 2.24) is 0 Å². The number of rotatable bonds is 3. The summed E-state index contributed by atoms with van der Waals surface area (Å²) in [5.41, 5.74) is 0.802. The molecule has 0 N–H and O–H groups in total. The first-order valence-electron chi connectivity index (χ1n) is 5.42. The summed E-state index contributed by atoms with van der Waals surface area (Å²) < 4.78 is 24.2. The van der Waals surface area contributed by atoms with Gasteiger partial charge in [0.25, 0.3) is 0 Å². The van der Waals surface area contributed by atoms with E-state index >= 15 is 0 Å². The van der Waals surface area contributed by atoms with E-state index in [1.165, 1.54) is 24.3 Å². The second-order valence-corrected chi connectivity index (χ2v) is 6.48. The van der Waals surface area contributed by atoms with Gasteiger partial charge in [-0.25, -0.2) is 8.42 Å². The van der Waals surface area contributed by atoms with Crippen LogP contribution in [0.25, 0.3) is 6.08 Å². The third-order valence-electron chi connectivity index (χ3n) is 2.44. The minimum Gasteiger partial charge on any atom is -0.219 e. The van der Waals surface area contributed by atoms with Crippen molar-refractivity contribution in [3.63, 3.8) is 0 Å². The summed E-state index contributed by atoms with van der Waals surface area (Å²) in [7, 11) is -3.58. The van der Waals surface area contributed by atoms with Gasteiger partial charge in [-0.3, -0.25) is 0 Å². The first-order chi connectivity index (χ1) is 8.99. The largest absolute Gasteiger partial charge is 0.219 e. The fourth-order valence-electron chi connectivity index (χ4n) is 1.51. The molecule has 0 aliphatic rings. The van der Waals surface area contributed by atoms with Crippen LogP contribution in [0.5, 0.6) is 0 Å². The summed E-state index contributed by atoms with van der Waals surface area (Å²) >= 11 is 11.6. The van der Waals surface area contributed by atoms with Crippen molar-refractivity contribution < 1.29 is 8.42 Å². The van der Waals surface area contributed by atoms with E-state index in [-0.39, 0.29) is 9.92 Å². The molecule has 0 aliphatic carbocycles. The van der Waals surface area contributed by atoms with Gasteiger partial charge >= 0.3 is 0 Å². The van der Waals surface area contributed by atoms with Gasteiger partial charge in [0.1, 0.15) is 0 Å². The first-order valence-corrected chi connectivity index (χ1v) is 7.72. The van der Waals surface area contributed by atoms with Crippen LogP contribution in [0.3, 0.4) is 0 Å². The summed E-state index contributed by atoms with van der Waals surface area (Å²) in [5.74, 6) is 0. The van der Waals surface area contributed by atoms with Gasteiger partial charge in [0.2, 0.25) is 9.84 Å². The molecule has 0 saturated carbocycles. The number of hydrogen-bond acceptors (Lipinski definition) is 2. The molecule has 0 heterocycles. The fraction of sp³-hybridized carbons (Fsp3) is 0. The molecule has 0 spiro atoms. The van der Waals surface area contributed by atoms with Gasteiger partial charge in [-0.05, 0) is 29.8 Å². The standard InChI is InChI=1S/C14H10Cl2O2S/c15-12-6-7-14(13(16)10-12)19(17,18)9-8-11-4-2-1-3-5-11/h1-10H/b9-8-. The van der Waals surface area contributed by atoms with Crippen LogP contribution in [0.1, 0.15) is 5.56 Å². The van der Waals surface area contributed by atoms with Gasteiger partial charge in [0.05, 0.1) is 9.92 Å². The second kappa shape index (κ2) is 5.78. The Labute approximate surface area is 122 Å². The van der Waals surface area contributed by atoms with Crippen LogP contribution in [-0.2, 0) is 9.84 Å². The molecule has 5 heteroatoms. The van der Waals surface area contributed by atoms with Crippen LogP contribution in [0.2, 0.25) is 10.0 Å². The predicted molar refractivity (Wildman–Crippen MR) is 79.1 cm³/mol. The van der Waals surface area contributed by atoms with Gasteiger partial charge in [0, 0.05) is 10.4 Å². The lowest BCUT2D eigenvalue weighted by Crippen LogP contribution is -1.97. The fourth-order valence-corrected chi connectivity index (χ4v) is 3.31. The molecule has 0 aliphatic heterocycles. The third-order valence-corrected chi connectivity index (χ3v) is 4.56. The molecule has 2 aromatic carbocycles. The summed E-state index contributed by atoms with van der Waals surface area (Å²) in [6, 6.07) is 13.5. The maximum atomic E-state index is 12.1. The zero-order chi connectivity index (χ0) is 13.9. The molecule has 0 fully saturated rings. The first kappa shape index (κ1) is 14.1. The van der Waals surface area contributed by atoms with Gasteiger partial charge in [-0.15, -0.1) is 0 Å². The maximum Gasteiger partial charge on any atom is 0.201 e. The molecule has 2 rings (SSSR count). The van der Waals surface area contributed by atoms with Crippen molar-refractivity contribution in [2.75, 3.05) is 0 Å². The van der Waals surface area contributed by atoms with E-state index < -0.39 is 9.84 Å². The van der Waals surface area contributed by atoms with Crippen LogP contribution < -0.4 is 0 Å². The molecule has 98 valence electrons. The monoisotopic (exact) mass is 312 g/mol. The highest BCUT2D eigenvalue weighted by Gasteiger charge is 2.14. The van der Waals surface area contributed by atoms with Crippen molar-refractivity contribution in [1.29, 1.82) is 0 Å². The van der Waals surface area contributed by atoms with E-state index in [0.717, 1.165) is 11.0 Å². The van der Waals surface area contributed by atoms with Gasteiger partial charge in [0.15, 0.2) is 0 Å². The summed E-state index contributed by atoms with van der Waals surface area (Å²) in [4.78, 5) is 0.0470. The molecule has 2 aromatic rings. The van der Waals surface area contributed by atoms with Gasteiger partial charge < -0.3 is 0 Å². The van der Waals surface area contributed by atoms with Crippen LogP contribution >= 0.6 is 23.2 Å². The van der Waals surface area contributed by atoms with Crippen LogP contribution in [0.4, 0.5) is 0 Å². The van der Waals surface area contributed by atoms with Crippen molar-refractivity contribution >= 4 is 39.1 Å². The molecule has 0 atom stereocenters. The van der Waals surface area contributed by atoms with E-state index in [1.807, 2.05) is 30.3 Å². The van der Waals surface area contributed by atoms with Crippen molar-refractivity contribution in [3.8, 4) is 0 Å². The predicted octanol–water partition coefficient (Wildman–Crippen LogP) is 4.44. The Bertz CT molecular complexity index is 707. The molecule has 0 amide bonds. The third kappa shape index (κ3) is 3.60. The molecule has 0 radical (unpaired) electrons. The average molecular weight is 313 g/mol. The molecule has 0 bridgehead atoms. The highest BCUT2D eigenvalue weighted by molar-refractivity contribution is 7.94. The van der Waals surface area contributed by atoms with Crippen molar-refractivity contribution in [2.24, 2.45) is 0 Å². The van der Waals surface area contributed by atoms with Crippen LogP contribution in [0.15, 0.2) is 58.8 Å². The number of hydrogen-bond donors (Lipinski definition) is 0. The average Bonchev–Trinajstić information content (AvgIpc) is 2.37. The molecule has 0 aromatic heterocycles. The van der Waals surface area contributed by atoms with E-state index in [9.17, 15) is 8.42 Å². The summed E-state index contributed by atoms with van der Waals surface area (Å²) in [5, 5.41) is 1.65. The molecule has 0 unspecified atom stereocenters. The molecular formula is C14H10Cl2O2S. The Kier molecular flexibility index (Phi) is 4.30. The smallest absolute Gasteiger partial charge is 0.201 e. The minimum atomic E-state index is -3.58. The Hall–Kier alpha value is -1.29. The van der Waals surface area contributed by atoms with E-state index in [0.29, 0.717) is 5.02 Å².